The highest BCUT2D eigenvalue weighted by Crippen LogP contribution is 1.98. The van der Waals surface area contributed by atoms with E-state index in [0.29, 0.717) is 19.1 Å². The summed E-state index contributed by atoms with van der Waals surface area (Å²) in [6.07, 6.45) is 1.03. The van der Waals surface area contributed by atoms with Crippen LogP contribution < -0.4 is 5.32 Å². The van der Waals surface area contributed by atoms with Crippen LogP contribution in [0, 0.1) is 5.92 Å². The lowest BCUT2D eigenvalue weighted by Crippen LogP contribution is -2.29. The van der Waals surface area contributed by atoms with Crippen molar-refractivity contribution in [2.75, 3.05) is 26.3 Å². The molecule has 0 fully saturated rings. The molecule has 0 rings (SSSR count). The first-order chi connectivity index (χ1) is 7.52. The number of nitrogens with one attached hydrogen (secondary N) is 1. The number of carbonyl (C=O) groups excluding carboxylic acids is 1. The van der Waals surface area contributed by atoms with E-state index >= 15 is 0 Å². The van der Waals surface area contributed by atoms with Gasteiger partial charge in [0.15, 0.2) is 0 Å². The van der Waals surface area contributed by atoms with Crippen LogP contribution in [0.5, 0.6) is 0 Å². The predicted octanol–water partition coefficient (Wildman–Crippen LogP) is 1.59. The summed E-state index contributed by atoms with van der Waals surface area (Å²) in [6.45, 7) is 10.4. The van der Waals surface area contributed by atoms with E-state index in [0.717, 1.165) is 13.0 Å². The molecule has 0 aliphatic rings. The van der Waals surface area contributed by atoms with Crippen molar-refractivity contribution in [3.05, 3.63) is 0 Å². The van der Waals surface area contributed by atoms with Crippen LogP contribution in [0.3, 0.4) is 0 Å². The molecule has 0 spiro atoms. The van der Waals surface area contributed by atoms with Crippen molar-refractivity contribution in [1.29, 1.82) is 0 Å². The topological polar surface area (TPSA) is 47.6 Å². The van der Waals surface area contributed by atoms with Gasteiger partial charge in [-0.1, -0.05) is 13.8 Å². The molecule has 0 unspecified atom stereocenters. The zero-order chi connectivity index (χ0) is 12.4. The Kier molecular flexibility index (Phi) is 9.24. The van der Waals surface area contributed by atoms with E-state index in [9.17, 15) is 4.79 Å². The molecular weight excluding hydrogens is 206 g/mol. The van der Waals surface area contributed by atoms with Crippen molar-refractivity contribution in [3.63, 3.8) is 0 Å². The van der Waals surface area contributed by atoms with Crippen molar-refractivity contribution >= 4 is 5.97 Å². The van der Waals surface area contributed by atoms with Crippen molar-refractivity contribution in [2.45, 2.75) is 40.2 Å². The van der Waals surface area contributed by atoms with Crippen molar-refractivity contribution in [1.82, 2.24) is 5.32 Å². The number of rotatable bonds is 9. The van der Waals surface area contributed by atoms with Gasteiger partial charge in [0.05, 0.1) is 19.3 Å². The molecule has 4 nitrogen and oxygen atoms in total. The lowest BCUT2D eigenvalue weighted by molar-refractivity contribution is -0.146. The molecule has 4 heteroatoms. The van der Waals surface area contributed by atoms with E-state index in [1.165, 1.54) is 0 Å². The molecule has 0 aliphatic carbocycles. The predicted molar refractivity (Wildman–Crippen MR) is 64.4 cm³/mol. The monoisotopic (exact) mass is 231 g/mol. The Morgan fingerprint density at radius 1 is 1.19 bits per heavy atom. The zero-order valence-electron chi connectivity index (χ0n) is 10.9. The minimum atomic E-state index is -0.211. The van der Waals surface area contributed by atoms with Gasteiger partial charge in [-0.3, -0.25) is 4.79 Å². The van der Waals surface area contributed by atoms with Gasteiger partial charge in [0.2, 0.25) is 0 Å². The third-order valence-corrected chi connectivity index (χ3v) is 1.90. The second-order valence-corrected chi connectivity index (χ2v) is 4.51. The Hall–Kier alpha value is -0.610. The van der Waals surface area contributed by atoms with E-state index in [2.05, 4.69) is 19.2 Å². The van der Waals surface area contributed by atoms with Crippen LogP contribution in [-0.2, 0) is 14.3 Å². The van der Waals surface area contributed by atoms with Crippen LogP contribution in [0.2, 0.25) is 0 Å². The molecule has 0 aliphatic heterocycles. The summed E-state index contributed by atoms with van der Waals surface area (Å²) < 4.78 is 10.4. The number of carbonyl (C=O) groups is 1. The third kappa shape index (κ3) is 11.5. The van der Waals surface area contributed by atoms with Crippen LogP contribution in [0.25, 0.3) is 0 Å². The second kappa shape index (κ2) is 9.60. The van der Waals surface area contributed by atoms with Gasteiger partial charge in [0, 0.05) is 13.2 Å². The molecule has 0 aromatic heterocycles. The summed E-state index contributed by atoms with van der Waals surface area (Å²) in [5.41, 5.74) is 0. The quantitative estimate of drug-likeness (QED) is 0.483. The highest BCUT2D eigenvalue weighted by molar-refractivity contribution is 5.71. The molecule has 0 bridgehead atoms. The van der Waals surface area contributed by atoms with Gasteiger partial charge in [-0.15, -0.1) is 0 Å². The third-order valence-electron chi connectivity index (χ3n) is 1.90. The Balaban J connectivity index is 3.18. The van der Waals surface area contributed by atoms with Gasteiger partial charge >= 0.3 is 5.97 Å². The standard InChI is InChI=1S/C12H25NO3/c1-10(2)5-7-15-8-6-13-9-12(14)16-11(3)4/h10-11,13H,5-9H2,1-4H3. The summed E-state index contributed by atoms with van der Waals surface area (Å²) in [4.78, 5) is 11.1. The van der Waals surface area contributed by atoms with E-state index in [1.807, 2.05) is 13.8 Å². The SMILES string of the molecule is CC(C)CCOCCNCC(=O)OC(C)C. The van der Waals surface area contributed by atoms with Gasteiger partial charge < -0.3 is 14.8 Å². The molecule has 96 valence electrons. The summed E-state index contributed by atoms with van der Waals surface area (Å²) in [5, 5.41) is 2.98. The van der Waals surface area contributed by atoms with Gasteiger partial charge in [-0.05, 0) is 26.2 Å². The highest BCUT2D eigenvalue weighted by Gasteiger charge is 2.03. The van der Waals surface area contributed by atoms with E-state index in [4.69, 9.17) is 9.47 Å². The van der Waals surface area contributed by atoms with Crippen LogP contribution in [0.15, 0.2) is 0 Å². The lowest BCUT2D eigenvalue weighted by atomic mass is 10.1. The van der Waals surface area contributed by atoms with Crippen LogP contribution >= 0.6 is 0 Å². The first-order valence-corrected chi connectivity index (χ1v) is 6.00. The number of hydrogen-bond acceptors (Lipinski definition) is 4. The normalized spacial score (nSPS) is 11.1. The van der Waals surface area contributed by atoms with E-state index in [1.54, 1.807) is 0 Å². The molecule has 1 N–H and O–H groups in total. The molecule has 0 saturated carbocycles. The number of esters is 1. The Morgan fingerprint density at radius 3 is 2.44 bits per heavy atom. The van der Waals surface area contributed by atoms with Crippen molar-refractivity contribution in [3.8, 4) is 0 Å². The maximum atomic E-state index is 11.1. The maximum absolute atomic E-state index is 11.1. The van der Waals surface area contributed by atoms with E-state index in [-0.39, 0.29) is 18.6 Å². The molecule has 0 atom stereocenters. The Labute approximate surface area is 98.7 Å². The molecular formula is C12H25NO3. The summed E-state index contributed by atoms with van der Waals surface area (Å²) in [7, 11) is 0. The first kappa shape index (κ1) is 15.4. The fourth-order valence-electron chi connectivity index (χ4n) is 1.06. The van der Waals surface area contributed by atoms with Crippen LogP contribution in [0.4, 0.5) is 0 Å². The molecule has 0 amide bonds. The first-order valence-electron chi connectivity index (χ1n) is 6.00. The van der Waals surface area contributed by atoms with Crippen LogP contribution in [-0.4, -0.2) is 38.4 Å². The molecule has 0 saturated heterocycles. The van der Waals surface area contributed by atoms with Gasteiger partial charge in [0.1, 0.15) is 0 Å². The average molecular weight is 231 g/mol. The lowest BCUT2D eigenvalue weighted by Gasteiger charge is -2.09. The second-order valence-electron chi connectivity index (χ2n) is 4.51. The molecule has 16 heavy (non-hydrogen) atoms. The van der Waals surface area contributed by atoms with Gasteiger partial charge in [-0.25, -0.2) is 0 Å². The fraction of sp³-hybridized carbons (Fsp3) is 0.917. The molecule has 0 radical (unpaired) electrons. The Bertz CT molecular complexity index is 181. The fourth-order valence-corrected chi connectivity index (χ4v) is 1.06. The smallest absolute Gasteiger partial charge is 0.320 e. The highest BCUT2D eigenvalue weighted by atomic mass is 16.5. The largest absolute Gasteiger partial charge is 0.462 e. The van der Waals surface area contributed by atoms with E-state index < -0.39 is 0 Å². The van der Waals surface area contributed by atoms with Crippen molar-refractivity contribution < 1.29 is 14.3 Å². The number of ether oxygens (including phenoxy) is 2. The summed E-state index contributed by atoms with van der Waals surface area (Å²) in [6, 6.07) is 0. The molecule has 0 heterocycles. The van der Waals surface area contributed by atoms with Crippen molar-refractivity contribution in [2.24, 2.45) is 5.92 Å². The maximum Gasteiger partial charge on any atom is 0.320 e. The number of hydrogen-bond donors (Lipinski definition) is 1. The molecule has 0 aromatic carbocycles. The van der Waals surface area contributed by atoms with Crippen LogP contribution in [0.1, 0.15) is 34.1 Å². The average Bonchev–Trinajstić information content (AvgIpc) is 2.14. The Morgan fingerprint density at radius 2 is 1.88 bits per heavy atom. The van der Waals surface area contributed by atoms with Gasteiger partial charge in [0.25, 0.3) is 0 Å². The summed E-state index contributed by atoms with van der Waals surface area (Å²) >= 11 is 0. The van der Waals surface area contributed by atoms with Gasteiger partial charge in [-0.2, -0.15) is 0 Å². The minimum absolute atomic E-state index is 0.0448. The minimum Gasteiger partial charge on any atom is -0.462 e. The summed E-state index contributed by atoms with van der Waals surface area (Å²) in [5.74, 6) is 0.464. The molecule has 0 aromatic rings. The zero-order valence-corrected chi connectivity index (χ0v) is 10.9.